The van der Waals surface area contributed by atoms with Gasteiger partial charge in [0.05, 0.1) is 23.9 Å². The predicted molar refractivity (Wildman–Crippen MR) is 134 cm³/mol. The summed E-state index contributed by atoms with van der Waals surface area (Å²) in [5, 5.41) is 38.1. The van der Waals surface area contributed by atoms with Crippen LogP contribution >= 0.6 is 0 Å². The summed E-state index contributed by atoms with van der Waals surface area (Å²) >= 11 is 0. The Labute approximate surface area is 203 Å². The van der Waals surface area contributed by atoms with Crippen molar-refractivity contribution in [2.24, 2.45) is 23.7 Å². The van der Waals surface area contributed by atoms with Crippen molar-refractivity contribution < 1.29 is 24.9 Å². The topological polar surface area (TPSA) is 117 Å². The minimum Gasteiger partial charge on any atom is -0.465 e. The number of fused-ring (bicyclic) bond motifs is 1. The molecule has 8 heteroatoms. The van der Waals surface area contributed by atoms with Gasteiger partial charge in [-0.3, -0.25) is 4.68 Å². The van der Waals surface area contributed by atoms with E-state index in [4.69, 9.17) is 4.74 Å². The van der Waals surface area contributed by atoms with E-state index in [0.29, 0.717) is 25.4 Å². The Balaban J connectivity index is 2.18. The fraction of sp³-hybridized carbons (Fsp3) is 0.692. The van der Waals surface area contributed by atoms with Crippen LogP contribution in [0.2, 0.25) is 0 Å². The van der Waals surface area contributed by atoms with Crippen molar-refractivity contribution in [1.82, 2.24) is 15.1 Å². The van der Waals surface area contributed by atoms with Gasteiger partial charge in [-0.05, 0) is 61.0 Å². The summed E-state index contributed by atoms with van der Waals surface area (Å²) in [6.07, 6.45) is 2.41. The maximum Gasteiger partial charge on any atom is 0.404 e. The van der Waals surface area contributed by atoms with Crippen molar-refractivity contribution in [3.63, 3.8) is 0 Å². The van der Waals surface area contributed by atoms with Crippen LogP contribution in [0.5, 0.6) is 0 Å². The number of nitrogens with zero attached hydrogens (tertiary/aromatic N) is 2. The molecule has 0 aliphatic heterocycles. The third kappa shape index (κ3) is 8.25. The maximum absolute atomic E-state index is 11.5. The van der Waals surface area contributed by atoms with E-state index in [1.165, 1.54) is 5.56 Å². The zero-order valence-electron chi connectivity index (χ0n) is 21.3. The van der Waals surface area contributed by atoms with Crippen LogP contribution in [0.1, 0.15) is 52.5 Å². The molecule has 192 valence electrons. The third-order valence-corrected chi connectivity index (χ3v) is 6.92. The van der Waals surface area contributed by atoms with E-state index < -0.39 is 18.2 Å². The Morgan fingerprint density at radius 2 is 1.85 bits per heavy atom. The highest BCUT2D eigenvalue weighted by Gasteiger charge is 2.29. The zero-order chi connectivity index (χ0) is 25.3. The first-order chi connectivity index (χ1) is 16.2. The zero-order valence-corrected chi connectivity index (χ0v) is 21.3. The Bertz CT molecular complexity index is 882. The number of ether oxygens (including phenoxy) is 1. The van der Waals surface area contributed by atoms with Crippen LogP contribution in [-0.4, -0.2) is 63.7 Å². The van der Waals surface area contributed by atoms with E-state index in [0.717, 1.165) is 30.3 Å². The van der Waals surface area contributed by atoms with Gasteiger partial charge in [-0.2, -0.15) is 5.10 Å². The number of amides is 1. The molecule has 1 heterocycles. The summed E-state index contributed by atoms with van der Waals surface area (Å²) in [7, 11) is 1.70. The van der Waals surface area contributed by atoms with E-state index in [2.05, 4.69) is 42.5 Å². The quantitative estimate of drug-likeness (QED) is 0.289. The first-order valence-corrected chi connectivity index (χ1v) is 12.4. The fourth-order valence-electron chi connectivity index (χ4n) is 4.50. The first kappa shape index (κ1) is 28.1. The third-order valence-electron chi connectivity index (χ3n) is 6.92. The molecule has 34 heavy (non-hydrogen) atoms. The van der Waals surface area contributed by atoms with Crippen molar-refractivity contribution in [3.05, 3.63) is 30.0 Å². The SMILES string of the molecule is COCCCn1ncc2ccc(C[C@H](C[C@H](NC(=O)O)[C@@H](O)C[C@H](CO)C(C)C)C(C)C)cc21. The number of hydrogen-bond donors (Lipinski definition) is 4. The Hall–Kier alpha value is -2.16. The van der Waals surface area contributed by atoms with Crippen LogP contribution in [0.15, 0.2) is 24.4 Å². The van der Waals surface area contributed by atoms with Gasteiger partial charge in [0.25, 0.3) is 0 Å². The summed E-state index contributed by atoms with van der Waals surface area (Å²) in [5.41, 5.74) is 2.25. The first-order valence-electron chi connectivity index (χ1n) is 12.4. The van der Waals surface area contributed by atoms with E-state index in [1.807, 2.05) is 24.7 Å². The van der Waals surface area contributed by atoms with Crippen LogP contribution in [0, 0.1) is 23.7 Å². The molecule has 1 amide bonds. The lowest BCUT2D eigenvalue weighted by Gasteiger charge is -2.31. The van der Waals surface area contributed by atoms with Crippen LogP contribution in [0.4, 0.5) is 4.79 Å². The number of carboxylic acid groups (broad SMARTS) is 1. The van der Waals surface area contributed by atoms with Gasteiger partial charge in [0, 0.05) is 32.3 Å². The summed E-state index contributed by atoms with van der Waals surface area (Å²) in [5.74, 6) is 0.588. The molecule has 4 N–H and O–H groups in total. The number of benzene rings is 1. The smallest absolute Gasteiger partial charge is 0.404 e. The molecule has 0 saturated heterocycles. The number of aromatic nitrogens is 2. The second kappa shape index (κ2) is 13.7. The van der Waals surface area contributed by atoms with Gasteiger partial charge in [0.15, 0.2) is 0 Å². The number of hydrogen-bond acceptors (Lipinski definition) is 5. The largest absolute Gasteiger partial charge is 0.465 e. The number of aliphatic hydroxyl groups is 2. The number of nitrogens with one attached hydrogen (secondary N) is 1. The molecule has 0 fully saturated rings. The summed E-state index contributed by atoms with van der Waals surface area (Å²) in [6, 6.07) is 5.76. The maximum atomic E-state index is 11.5. The van der Waals surface area contributed by atoms with E-state index in [-0.39, 0.29) is 24.4 Å². The van der Waals surface area contributed by atoms with Crippen molar-refractivity contribution in [2.45, 2.75) is 72.1 Å². The van der Waals surface area contributed by atoms with Gasteiger partial charge in [0.1, 0.15) is 0 Å². The van der Waals surface area contributed by atoms with E-state index in [9.17, 15) is 20.1 Å². The molecule has 1 aromatic heterocycles. The molecule has 2 rings (SSSR count). The normalized spacial score (nSPS) is 15.6. The van der Waals surface area contributed by atoms with Crippen LogP contribution in [0.3, 0.4) is 0 Å². The van der Waals surface area contributed by atoms with Gasteiger partial charge in [-0.25, -0.2) is 4.79 Å². The lowest BCUT2D eigenvalue weighted by atomic mass is 9.81. The molecule has 0 bridgehead atoms. The average Bonchev–Trinajstić information content (AvgIpc) is 3.18. The Kier molecular flexibility index (Phi) is 11.3. The van der Waals surface area contributed by atoms with Gasteiger partial charge in [-0.15, -0.1) is 0 Å². The lowest BCUT2D eigenvalue weighted by Crippen LogP contribution is -2.46. The molecular weight excluding hydrogens is 434 g/mol. The van der Waals surface area contributed by atoms with Gasteiger partial charge in [-0.1, -0.05) is 39.8 Å². The standard InChI is InChI=1S/C26H43N3O5/c1-17(2)21(13-23(28-26(32)33)25(31)14-22(16-30)18(3)4)11-19-7-8-20-15-27-29(24(20)12-19)9-6-10-34-5/h7-8,12,15,17-18,21-23,25,28,30-31H,6,9-11,13-14,16H2,1-5H3,(H,32,33)/t21-,22-,23+,25+/m1/s1. The van der Waals surface area contributed by atoms with Gasteiger partial charge < -0.3 is 25.4 Å². The highest BCUT2D eigenvalue weighted by Crippen LogP contribution is 2.27. The van der Waals surface area contributed by atoms with Crippen molar-refractivity contribution >= 4 is 17.0 Å². The Morgan fingerprint density at radius 1 is 1.15 bits per heavy atom. The molecule has 0 aliphatic rings. The van der Waals surface area contributed by atoms with Crippen molar-refractivity contribution in [1.29, 1.82) is 0 Å². The number of carbonyl (C=O) groups is 1. The second-order valence-corrected chi connectivity index (χ2v) is 10.1. The Morgan fingerprint density at radius 3 is 2.44 bits per heavy atom. The minimum absolute atomic E-state index is 0.0276. The molecule has 1 aromatic carbocycles. The molecule has 0 unspecified atom stereocenters. The molecule has 0 spiro atoms. The van der Waals surface area contributed by atoms with Gasteiger partial charge in [0.2, 0.25) is 0 Å². The summed E-state index contributed by atoms with van der Waals surface area (Å²) < 4.78 is 7.16. The van der Waals surface area contributed by atoms with E-state index >= 15 is 0 Å². The number of methoxy groups -OCH3 is 1. The second-order valence-electron chi connectivity index (χ2n) is 10.1. The molecule has 0 aliphatic carbocycles. The summed E-state index contributed by atoms with van der Waals surface area (Å²) in [6.45, 7) is 9.71. The molecule has 4 atom stereocenters. The van der Waals surface area contributed by atoms with Crippen LogP contribution in [0.25, 0.3) is 10.9 Å². The summed E-state index contributed by atoms with van der Waals surface area (Å²) in [4.78, 5) is 11.5. The number of aliphatic hydroxyl groups excluding tert-OH is 2. The average molecular weight is 478 g/mol. The highest BCUT2D eigenvalue weighted by molar-refractivity contribution is 5.79. The monoisotopic (exact) mass is 477 g/mol. The predicted octanol–water partition coefficient (Wildman–Crippen LogP) is 3.93. The fourth-order valence-corrected chi connectivity index (χ4v) is 4.50. The number of rotatable bonds is 15. The molecule has 0 saturated carbocycles. The van der Waals surface area contributed by atoms with Gasteiger partial charge >= 0.3 is 6.09 Å². The van der Waals surface area contributed by atoms with E-state index in [1.54, 1.807) is 7.11 Å². The molecule has 2 aromatic rings. The molecule has 8 nitrogen and oxygen atoms in total. The lowest BCUT2D eigenvalue weighted by molar-refractivity contribution is 0.0581. The van der Waals surface area contributed by atoms with Crippen molar-refractivity contribution in [3.8, 4) is 0 Å². The minimum atomic E-state index is -1.14. The van der Waals surface area contributed by atoms with Crippen molar-refractivity contribution in [2.75, 3.05) is 20.3 Å². The van der Waals surface area contributed by atoms with Crippen LogP contribution in [-0.2, 0) is 17.7 Å². The van der Waals surface area contributed by atoms with Crippen LogP contribution < -0.4 is 5.32 Å². The number of aryl methyl sites for hydroxylation is 1. The molecule has 0 radical (unpaired) electrons. The highest BCUT2D eigenvalue weighted by atomic mass is 16.5. The molecular formula is C26H43N3O5.